The maximum atomic E-state index is 12.9. The predicted molar refractivity (Wildman–Crippen MR) is 88.4 cm³/mol. The minimum atomic E-state index is -0.277. The molecule has 1 aromatic rings. The summed E-state index contributed by atoms with van der Waals surface area (Å²) < 4.78 is 13.2. The Morgan fingerprint density at radius 1 is 1.18 bits per heavy atom. The van der Waals surface area contributed by atoms with E-state index in [1.807, 2.05) is 0 Å². The zero-order valence-electron chi connectivity index (χ0n) is 12.6. The molecule has 4 heteroatoms. The highest BCUT2D eigenvalue weighted by molar-refractivity contribution is 9.10. The Bertz CT molecular complexity index is 586. The quantitative estimate of drug-likeness (QED) is 0.759. The molecule has 0 radical (unpaired) electrons. The number of hydrogen-bond acceptors (Lipinski definition) is 1. The van der Waals surface area contributed by atoms with Crippen molar-refractivity contribution in [2.75, 3.05) is 5.32 Å². The van der Waals surface area contributed by atoms with Crippen molar-refractivity contribution in [1.82, 2.24) is 0 Å². The molecule has 2 atom stereocenters. The molecule has 1 N–H and O–H groups in total. The molecule has 2 nitrogen and oxygen atoms in total. The van der Waals surface area contributed by atoms with Crippen LogP contribution in [-0.2, 0) is 4.79 Å². The van der Waals surface area contributed by atoms with Gasteiger partial charge < -0.3 is 5.32 Å². The molecular weight excluding hydrogens is 345 g/mol. The number of carbonyl (C=O) groups excluding carboxylic acids is 1. The lowest BCUT2D eigenvalue weighted by Gasteiger charge is -2.60. The number of amides is 1. The van der Waals surface area contributed by atoms with Gasteiger partial charge in [0.05, 0.1) is 0 Å². The van der Waals surface area contributed by atoms with Crippen LogP contribution in [0.25, 0.3) is 0 Å². The fourth-order valence-electron chi connectivity index (χ4n) is 5.62. The molecule has 4 fully saturated rings. The number of halogens is 2. The number of anilines is 1. The third-order valence-electron chi connectivity index (χ3n) is 5.77. The molecule has 0 aromatic heterocycles. The molecule has 0 aliphatic heterocycles. The highest BCUT2D eigenvalue weighted by Crippen LogP contribution is 2.65. The molecule has 4 aliphatic rings. The van der Waals surface area contributed by atoms with Gasteiger partial charge in [0, 0.05) is 16.4 Å². The van der Waals surface area contributed by atoms with Gasteiger partial charge in [-0.05, 0) is 80.0 Å². The van der Waals surface area contributed by atoms with Gasteiger partial charge in [-0.25, -0.2) is 4.39 Å². The van der Waals surface area contributed by atoms with E-state index in [-0.39, 0.29) is 21.5 Å². The van der Waals surface area contributed by atoms with Crippen LogP contribution < -0.4 is 5.32 Å². The lowest BCUT2D eigenvalue weighted by molar-refractivity contribution is -0.123. The van der Waals surface area contributed by atoms with Gasteiger partial charge >= 0.3 is 0 Å². The second kappa shape index (κ2) is 5.05. The summed E-state index contributed by atoms with van der Waals surface area (Å²) in [5, 5.41) is 2.94. The highest BCUT2D eigenvalue weighted by Gasteiger charge is 2.57. The van der Waals surface area contributed by atoms with Gasteiger partial charge in [0.25, 0.3) is 0 Å². The van der Waals surface area contributed by atoms with Crippen molar-refractivity contribution in [3.8, 4) is 0 Å². The Balaban J connectivity index is 1.46. The van der Waals surface area contributed by atoms with Crippen molar-refractivity contribution in [3.05, 3.63) is 30.1 Å². The Labute approximate surface area is 139 Å². The maximum Gasteiger partial charge on any atom is 0.224 e. The second-order valence-electron chi connectivity index (χ2n) is 7.84. The second-order valence-corrected chi connectivity index (χ2v) is 9.53. The predicted octanol–water partition coefficient (Wildman–Crippen LogP) is 4.89. The number of rotatable bonds is 3. The topological polar surface area (TPSA) is 29.1 Å². The highest BCUT2D eigenvalue weighted by atomic mass is 79.9. The molecule has 0 heterocycles. The normalized spacial score (nSPS) is 39.0. The first-order valence-corrected chi connectivity index (χ1v) is 8.97. The van der Waals surface area contributed by atoms with E-state index in [0.717, 1.165) is 18.3 Å². The zero-order valence-corrected chi connectivity index (χ0v) is 14.2. The molecule has 1 amide bonds. The van der Waals surface area contributed by atoms with Crippen molar-refractivity contribution in [2.45, 2.75) is 49.3 Å². The van der Waals surface area contributed by atoms with Gasteiger partial charge in [-0.1, -0.05) is 15.9 Å². The Morgan fingerprint density at radius 2 is 1.82 bits per heavy atom. The summed E-state index contributed by atoms with van der Waals surface area (Å²) in [5.41, 5.74) is 0.863. The summed E-state index contributed by atoms with van der Waals surface area (Å²) in [4.78, 5) is 12.5. The minimum absolute atomic E-state index is 0.0738. The lowest BCUT2D eigenvalue weighted by atomic mass is 9.48. The molecule has 5 rings (SSSR count). The van der Waals surface area contributed by atoms with Crippen LogP contribution in [0, 0.1) is 23.1 Å². The summed E-state index contributed by atoms with van der Waals surface area (Å²) in [7, 11) is 0. The molecule has 4 aliphatic carbocycles. The van der Waals surface area contributed by atoms with Crippen LogP contribution in [0.4, 0.5) is 10.1 Å². The molecule has 1 aromatic carbocycles. The third-order valence-corrected chi connectivity index (χ3v) is 6.70. The van der Waals surface area contributed by atoms with E-state index >= 15 is 0 Å². The monoisotopic (exact) mass is 365 g/mol. The molecular formula is C18H21BrFNO. The average Bonchev–Trinajstić information content (AvgIpc) is 2.37. The largest absolute Gasteiger partial charge is 0.326 e. The van der Waals surface area contributed by atoms with E-state index in [1.165, 1.54) is 44.2 Å². The Kier molecular flexibility index (Phi) is 3.37. The standard InChI is InChI=1S/C18H21BrFNO/c19-18-8-12-5-13(9-18)7-17(6-12,11-18)10-16(22)21-15-3-1-14(20)2-4-15/h1-4,12-13H,5-11H2,(H,21,22)/t12-,13-,17?,18?/m1/s1. The lowest BCUT2D eigenvalue weighted by Crippen LogP contribution is -2.53. The summed E-state index contributed by atoms with van der Waals surface area (Å²) in [6.07, 6.45) is 8.06. The van der Waals surface area contributed by atoms with E-state index in [0.29, 0.717) is 12.1 Å². The number of hydrogen-bond donors (Lipinski definition) is 1. The Morgan fingerprint density at radius 3 is 2.41 bits per heavy atom. The van der Waals surface area contributed by atoms with Gasteiger partial charge in [-0.3, -0.25) is 4.79 Å². The van der Waals surface area contributed by atoms with Gasteiger partial charge in [-0.15, -0.1) is 0 Å². The van der Waals surface area contributed by atoms with Crippen LogP contribution in [0.2, 0.25) is 0 Å². The summed E-state index contributed by atoms with van der Waals surface area (Å²) >= 11 is 3.98. The van der Waals surface area contributed by atoms with Crippen LogP contribution in [0.5, 0.6) is 0 Å². The maximum absolute atomic E-state index is 12.9. The minimum Gasteiger partial charge on any atom is -0.326 e. The molecule has 118 valence electrons. The van der Waals surface area contributed by atoms with Gasteiger partial charge in [0.15, 0.2) is 0 Å². The first-order valence-electron chi connectivity index (χ1n) is 8.18. The van der Waals surface area contributed by atoms with Gasteiger partial charge in [-0.2, -0.15) is 0 Å². The van der Waals surface area contributed by atoms with Crippen LogP contribution in [0.15, 0.2) is 24.3 Å². The molecule has 4 bridgehead atoms. The smallest absolute Gasteiger partial charge is 0.224 e. The fraction of sp³-hybridized carbons (Fsp3) is 0.611. The average molecular weight is 366 g/mol. The molecule has 22 heavy (non-hydrogen) atoms. The van der Waals surface area contributed by atoms with Crippen LogP contribution >= 0.6 is 15.9 Å². The van der Waals surface area contributed by atoms with E-state index in [1.54, 1.807) is 12.1 Å². The van der Waals surface area contributed by atoms with Gasteiger partial charge in [0.1, 0.15) is 5.82 Å². The first kappa shape index (κ1) is 14.7. The van der Waals surface area contributed by atoms with Crippen LogP contribution in [-0.4, -0.2) is 10.2 Å². The number of benzene rings is 1. The molecule has 0 spiro atoms. The summed E-state index contributed by atoms with van der Waals surface area (Å²) in [5.74, 6) is 1.38. The molecule has 0 saturated heterocycles. The number of carbonyl (C=O) groups is 1. The van der Waals surface area contributed by atoms with Crippen molar-refractivity contribution < 1.29 is 9.18 Å². The van der Waals surface area contributed by atoms with E-state index in [9.17, 15) is 9.18 Å². The van der Waals surface area contributed by atoms with E-state index in [4.69, 9.17) is 0 Å². The van der Waals surface area contributed by atoms with Crippen molar-refractivity contribution in [3.63, 3.8) is 0 Å². The zero-order chi connectivity index (χ0) is 15.4. The van der Waals surface area contributed by atoms with Crippen molar-refractivity contribution in [2.24, 2.45) is 17.3 Å². The fourth-order valence-corrected chi connectivity index (χ4v) is 7.13. The third kappa shape index (κ3) is 2.70. The van der Waals surface area contributed by atoms with Crippen LogP contribution in [0.3, 0.4) is 0 Å². The number of nitrogens with one attached hydrogen (secondary N) is 1. The number of alkyl halides is 1. The van der Waals surface area contributed by atoms with Crippen LogP contribution in [0.1, 0.15) is 44.9 Å². The van der Waals surface area contributed by atoms with E-state index < -0.39 is 0 Å². The first-order chi connectivity index (χ1) is 10.4. The van der Waals surface area contributed by atoms with E-state index in [2.05, 4.69) is 21.2 Å². The SMILES string of the molecule is O=C(CC12C[C@H]3C[C@@H](CC(Br)(C3)C1)C2)Nc1ccc(F)cc1. The van der Waals surface area contributed by atoms with Crippen molar-refractivity contribution >= 4 is 27.5 Å². The summed E-state index contributed by atoms with van der Waals surface area (Å²) in [6.45, 7) is 0. The Hall–Kier alpha value is -0.900. The van der Waals surface area contributed by atoms with Gasteiger partial charge in [0.2, 0.25) is 5.91 Å². The molecule has 0 unspecified atom stereocenters. The molecule has 4 saturated carbocycles. The van der Waals surface area contributed by atoms with Crippen molar-refractivity contribution in [1.29, 1.82) is 0 Å². The summed E-state index contributed by atoms with van der Waals surface area (Å²) in [6, 6.07) is 6.01.